The van der Waals surface area contributed by atoms with Gasteiger partial charge in [0, 0.05) is 6.04 Å². The lowest BCUT2D eigenvalue weighted by Crippen LogP contribution is -2.27. The second kappa shape index (κ2) is 5.00. The van der Waals surface area contributed by atoms with Crippen LogP contribution in [0.5, 0.6) is 0 Å². The predicted molar refractivity (Wildman–Crippen MR) is 67.4 cm³/mol. The molecule has 0 heterocycles. The van der Waals surface area contributed by atoms with Crippen molar-refractivity contribution in [1.29, 1.82) is 0 Å². The zero-order chi connectivity index (χ0) is 10.1. The van der Waals surface area contributed by atoms with Crippen molar-refractivity contribution in [3.05, 3.63) is 34.9 Å². The average molecular weight is 226 g/mol. The molecule has 0 amide bonds. The number of rotatable bonds is 2. The molecule has 1 atom stereocenters. The number of halogens is 1. The van der Waals surface area contributed by atoms with Crippen molar-refractivity contribution in [2.75, 3.05) is 0 Å². The van der Waals surface area contributed by atoms with Gasteiger partial charge in [-0.25, -0.2) is 0 Å². The van der Waals surface area contributed by atoms with Gasteiger partial charge in [0.15, 0.2) is 0 Å². The summed E-state index contributed by atoms with van der Waals surface area (Å²) >= 11 is 0. The summed E-state index contributed by atoms with van der Waals surface area (Å²) in [5, 5.41) is 0. The average Bonchev–Trinajstić information content (AvgIpc) is 2.06. The Morgan fingerprint density at radius 3 is 2.47 bits per heavy atom. The Kier molecular flexibility index (Phi) is 4.18. The van der Waals surface area contributed by atoms with Crippen LogP contribution in [0.25, 0.3) is 0 Å². The first kappa shape index (κ1) is 12.5. The van der Waals surface area contributed by atoms with Gasteiger partial charge in [-0.2, -0.15) is 0 Å². The van der Waals surface area contributed by atoms with Crippen molar-refractivity contribution >= 4 is 12.4 Å². The van der Waals surface area contributed by atoms with E-state index in [1.807, 2.05) is 0 Å². The third kappa shape index (κ3) is 2.35. The smallest absolute Gasteiger partial charge is 0.0326 e. The SMILES string of the molecule is Cc1cccc([C@H](N)C2CCC2)c1C.Cl. The van der Waals surface area contributed by atoms with Crippen LogP contribution in [-0.2, 0) is 0 Å². The summed E-state index contributed by atoms with van der Waals surface area (Å²) in [6, 6.07) is 6.73. The van der Waals surface area contributed by atoms with Gasteiger partial charge < -0.3 is 5.73 Å². The Labute approximate surface area is 98.5 Å². The fraction of sp³-hybridized carbons (Fsp3) is 0.538. The minimum atomic E-state index is 0. The lowest BCUT2D eigenvalue weighted by Gasteiger charge is -2.32. The molecule has 2 N–H and O–H groups in total. The Morgan fingerprint density at radius 2 is 1.93 bits per heavy atom. The summed E-state index contributed by atoms with van der Waals surface area (Å²) in [5.41, 5.74) is 10.4. The highest BCUT2D eigenvalue weighted by molar-refractivity contribution is 5.85. The molecule has 0 saturated heterocycles. The third-order valence-corrected chi connectivity index (χ3v) is 3.66. The molecule has 84 valence electrons. The zero-order valence-corrected chi connectivity index (χ0v) is 10.3. The van der Waals surface area contributed by atoms with E-state index in [2.05, 4.69) is 32.0 Å². The van der Waals surface area contributed by atoms with Crippen molar-refractivity contribution in [1.82, 2.24) is 0 Å². The molecule has 2 rings (SSSR count). The lowest BCUT2D eigenvalue weighted by molar-refractivity contribution is 0.264. The van der Waals surface area contributed by atoms with Crippen LogP contribution in [0.2, 0.25) is 0 Å². The third-order valence-electron chi connectivity index (χ3n) is 3.66. The van der Waals surface area contributed by atoms with Gasteiger partial charge in [-0.15, -0.1) is 12.4 Å². The van der Waals surface area contributed by atoms with Crippen molar-refractivity contribution in [3.63, 3.8) is 0 Å². The molecule has 0 spiro atoms. The molecule has 0 aromatic heterocycles. The van der Waals surface area contributed by atoms with Crippen molar-refractivity contribution in [2.45, 2.75) is 39.2 Å². The maximum atomic E-state index is 6.27. The summed E-state index contributed by atoms with van der Waals surface area (Å²) < 4.78 is 0. The van der Waals surface area contributed by atoms with E-state index >= 15 is 0 Å². The highest BCUT2D eigenvalue weighted by atomic mass is 35.5. The van der Waals surface area contributed by atoms with Crippen molar-refractivity contribution in [3.8, 4) is 0 Å². The minimum absolute atomic E-state index is 0. The van der Waals surface area contributed by atoms with Gasteiger partial charge in [-0.05, 0) is 49.3 Å². The molecule has 1 fully saturated rings. The number of aryl methyl sites for hydroxylation is 1. The molecule has 1 aromatic carbocycles. The van der Waals surface area contributed by atoms with Crippen LogP contribution in [0.4, 0.5) is 0 Å². The molecule has 1 aromatic rings. The normalized spacial score (nSPS) is 17.8. The fourth-order valence-corrected chi connectivity index (χ4v) is 2.19. The first-order valence-corrected chi connectivity index (χ1v) is 5.52. The van der Waals surface area contributed by atoms with Gasteiger partial charge in [0.2, 0.25) is 0 Å². The highest BCUT2D eigenvalue weighted by Crippen LogP contribution is 2.37. The molecule has 0 unspecified atom stereocenters. The van der Waals surface area contributed by atoms with E-state index < -0.39 is 0 Å². The maximum absolute atomic E-state index is 6.27. The molecular formula is C13H20ClN. The summed E-state index contributed by atoms with van der Waals surface area (Å²) in [4.78, 5) is 0. The fourth-order valence-electron chi connectivity index (χ4n) is 2.19. The molecule has 1 aliphatic carbocycles. The van der Waals surface area contributed by atoms with E-state index in [9.17, 15) is 0 Å². The van der Waals surface area contributed by atoms with Gasteiger partial charge in [-0.3, -0.25) is 0 Å². The molecular weight excluding hydrogens is 206 g/mol. The van der Waals surface area contributed by atoms with Crippen LogP contribution in [0.3, 0.4) is 0 Å². The summed E-state index contributed by atoms with van der Waals surface area (Å²) in [5.74, 6) is 0.732. The largest absolute Gasteiger partial charge is 0.324 e. The van der Waals surface area contributed by atoms with E-state index in [-0.39, 0.29) is 18.4 Å². The first-order chi connectivity index (χ1) is 6.70. The second-order valence-corrected chi connectivity index (χ2v) is 4.51. The van der Waals surface area contributed by atoms with Crippen LogP contribution in [0.1, 0.15) is 42.0 Å². The topological polar surface area (TPSA) is 26.0 Å². The molecule has 1 nitrogen and oxygen atoms in total. The second-order valence-electron chi connectivity index (χ2n) is 4.51. The Morgan fingerprint density at radius 1 is 1.27 bits per heavy atom. The van der Waals surface area contributed by atoms with E-state index in [4.69, 9.17) is 5.73 Å². The van der Waals surface area contributed by atoms with E-state index in [0.29, 0.717) is 0 Å². The van der Waals surface area contributed by atoms with Crippen LogP contribution in [0.15, 0.2) is 18.2 Å². The van der Waals surface area contributed by atoms with Crippen LogP contribution in [-0.4, -0.2) is 0 Å². The zero-order valence-electron chi connectivity index (χ0n) is 9.49. The highest BCUT2D eigenvalue weighted by Gasteiger charge is 2.26. The summed E-state index contributed by atoms with van der Waals surface area (Å²) in [6.07, 6.45) is 3.99. The van der Waals surface area contributed by atoms with Gasteiger partial charge >= 0.3 is 0 Å². The van der Waals surface area contributed by atoms with Gasteiger partial charge in [-0.1, -0.05) is 24.6 Å². The lowest BCUT2D eigenvalue weighted by atomic mass is 9.76. The number of hydrogen-bond acceptors (Lipinski definition) is 1. The number of benzene rings is 1. The van der Waals surface area contributed by atoms with Crippen molar-refractivity contribution in [2.24, 2.45) is 11.7 Å². The minimum Gasteiger partial charge on any atom is -0.324 e. The van der Waals surface area contributed by atoms with E-state index in [0.717, 1.165) is 5.92 Å². The van der Waals surface area contributed by atoms with E-state index in [1.165, 1.54) is 36.0 Å². The molecule has 0 radical (unpaired) electrons. The Bertz CT molecular complexity index is 331. The molecule has 15 heavy (non-hydrogen) atoms. The predicted octanol–water partition coefficient (Wildman–Crippen LogP) is 3.53. The maximum Gasteiger partial charge on any atom is 0.0326 e. The monoisotopic (exact) mass is 225 g/mol. The summed E-state index contributed by atoms with van der Waals surface area (Å²) in [7, 11) is 0. The molecule has 0 bridgehead atoms. The van der Waals surface area contributed by atoms with Crippen LogP contribution in [0, 0.1) is 19.8 Å². The van der Waals surface area contributed by atoms with Gasteiger partial charge in [0.25, 0.3) is 0 Å². The van der Waals surface area contributed by atoms with E-state index in [1.54, 1.807) is 0 Å². The molecule has 0 aliphatic heterocycles. The number of nitrogens with two attached hydrogens (primary N) is 1. The quantitative estimate of drug-likeness (QED) is 0.819. The standard InChI is InChI=1S/C13H19N.ClH/c1-9-5-3-8-12(10(9)2)13(14)11-6-4-7-11;/h3,5,8,11,13H,4,6-7,14H2,1-2H3;1H/t13-;/m1./s1. The van der Waals surface area contributed by atoms with Crippen LogP contribution >= 0.6 is 12.4 Å². The Balaban J connectivity index is 0.00000112. The van der Waals surface area contributed by atoms with Gasteiger partial charge in [0.05, 0.1) is 0 Å². The number of hydrogen-bond donors (Lipinski definition) is 1. The Hall–Kier alpha value is -0.530. The first-order valence-electron chi connectivity index (χ1n) is 5.52. The summed E-state index contributed by atoms with van der Waals surface area (Å²) in [6.45, 7) is 4.34. The van der Waals surface area contributed by atoms with Crippen molar-refractivity contribution < 1.29 is 0 Å². The van der Waals surface area contributed by atoms with Gasteiger partial charge in [0.1, 0.15) is 0 Å². The van der Waals surface area contributed by atoms with Crippen LogP contribution < -0.4 is 5.73 Å². The molecule has 1 aliphatic rings. The molecule has 2 heteroatoms. The molecule has 1 saturated carbocycles.